The van der Waals surface area contributed by atoms with E-state index >= 15 is 0 Å². The second-order valence-electron chi connectivity index (χ2n) is 5.18. The minimum Gasteiger partial charge on any atom is -0.313 e. The van der Waals surface area contributed by atoms with Crippen molar-refractivity contribution < 1.29 is 0 Å². The van der Waals surface area contributed by atoms with Crippen molar-refractivity contribution in [2.45, 2.75) is 32.7 Å². The Kier molecular flexibility index (Phi) is 3.27. The van der Waals surface area contributed by atoms with E-state index < -0.39 is 0 Å². The molecule has 0 saturated heterocycles. The van der Waals surface area contributed by atoms with E-state index in [1.165, 1.54) is 0 Å². The maximum absolute atomic E-state index is 8.95. The van der Waals surface area contributed by atoms with Gasteiger partial charge in [0.25, 0.3) is 0 Å². The summed E-state index contributed by atoms with van der Waals surface area (Å²) >= 11 is 12.0. The van der Waals surface area contributed by atoms with Crippen LogP contribution >= 0.6 is 23.2 Å². The van der Waals surface area contributed by atoms with Gasteiger partial charge < -0.3 is 4.57 Å². The molecule has 94 valence electrons. The molecular formula is C13H13Cl2N3. The summed E-state index contributed by atoms with van der Waals surface area (Å²) in [5, 5.41) is 9.91. The predicted octanol–water partition coefficient (Wildman–Crippen LogP) is 4.16. The summed E-state index contributed by atoms with van der Waals surface area (Å²) in [6.07, 6.45) is 0. The smallest absolute Gasteiger partial charge is 0.116 e. The van der Waals surface area contributed by atoms with Gasteiger partial charge in [-0.15, -0.1) is 0 Å². The maximum atomic E-state index is 8.95. The van der Waals surface area contributed by atoms with Crippen LogP contribution in [0.3, 0.4) is 0 Å². The molecule has 0 atom stereocenters. The SMILES string of the molecule is CC(C)(C)c1nc2cc(Cl)c(Cl)cc2n1CC#N. The fourth-order valence-corrected chi connectivity index (χ4v) is 2.24. The molecule has 2 aromatic rings. The summed E-state index contributed by atoms with van der Waals surface area (Å²) in [4.78, 5) is 4.57. The third-order valence-electron chi connectivity index (χ3n) is 2.69. The van der Waals surface area contributed by atoms with E-state index in [9.17, 15) is 0 Å². The molecule has 0 aliphatic heterocycles. The topological polar surface area (TPSA) is 41.6 Å². The number of benzene rings is 1. The monoisotopic (exact) mass is 281 g/mol. The van der Waals surface area contributed by atoms with E-state index in [-0.39, 0.29) is 12.0 Å². The Morgan fingerprint density at radius 1 is 1.28 bits per heavy atom. The van der Waals surface area contributed by atoms with Crippen molar-refractivity contribution in [1.29, 1.82) is 5.26 Å². The zero-order chi connectivity index (χ0) is 13.5. The minimum absolute atomic E-state index is 0.144. The molecule has 0 radical (unpaired) electrons. The average Bonchev–Trinajstić information content (AvgIpc) is 2.58. The average molecular weight is 282 g/mol. The Morgan fingerprint density at radius 2 is 1.89 bits per heavy atom. The van der Waals surface area contributed by atoms with Crippen LogP contribution in [0.2, 0.25) is 10.0 Å². The number of halogens is 2. The summed E-state index contributed by atoms with van der Waals surface area (Å²) in [5.41, 5.74) is 1.47. The van der Waals surface area contributed by atoms with Gasteiger partial charge in [-0.1, -0.05) is 44.0 Å². The number of hydrogen-bond donors (Lipinski definition) is 0. The largest absolute Gasteiger partial charge is 0.313 e. The summed E-state index contributed by atoms with van der Waals surface area (Å²) in [6.45, 7) is 6.43. The van der Waals surface area contributed by atoms with Crippen LogP contribution in [0.15, 0.2) is 12.1 Å². The van der Waals surface area contributed by atoms with Gasteiger partial charge in [0.05, 0.1) is 27.1 Å². The normalized spacial score (nSPS) is 11.8. The van der Waals surface area contributed by atoms with Crippen LogP contribution in [0, 0.1) is 11.3 Å². The van der Waals surface area contributed by atoms with Crippen molar-refractivity contribution in [1.82, 2.24) is 9.55 Å². The van der Waals surface area contributed by atoms with E-state index in [0.29, 0.717) is 10.0 Å². The Morgan fingerprint density at radius 3 is 2.44 bits per heavy atom. The van der Waals surface area contributed by atoms with Crippen molar-refractivity contribution in [2.75, 3.05) is 0 Å². The number of imidazole rings is 1. The summed E-state index contributed by atoms with van der Waals surface area (Å²) < 4.78 is 1.89. The van der Waals surface area contributed by atoms with Crippen molar-refractivity contribution in [3.05, 3.63) is 28.0 Å². The highest BCUT2D eigenvalue weighted by molar-refractivity contribution is 6.42. The third kappa shape index (κ3) is 2.19. The molecule has 0 fully saturated rings. The highest BCUT2D eigenvalue weighted by atomic mass is 35.5. The number of nitrogens with zero attached hydrogens (tertiary/aromatic N) is 3. The van der Waals surface area contributed by atoms with E-state index in [1.807, 2.05) is 4.57 Å². The van der Waals surface area contributed by atoms with Gasteiger partial charge in [-0.2, -0.15) is 5.26 Å². The van der Waals surface area contributed by atoms with Crippen molar-refractivity contribution >= 4 is 34.2 Å². The molecule has 0 amide bonds. The lowest BCUT2D eigenvalue weighted by Crippen LogP contribution is -2.18. The highest BCUT2D eigenvalue weighted by Gasteiger charge is 2.23. The molecule has 1 aromatic carbocycles. The van der Waals surface area contributed by atoms with Crippen LogP contribution in [-0.4, -0.2) is 9.55 Å². The Hall–Kier alpha value is -1.24. The van der Waals surface area contributed by atoms with Gasteiger partial charge in [-0.05, 0) is 12.1 Å². The van der Waals surface area contributed by atoms with Gasteiger partial charge in [0.1, 0.15) is 12.4 Å². The third-order valence-corrected chi connectivity index (χ3v) is 3.41. The standard InChI is InChI=1S/C13H13Cl2N3/c1-13(2,3)12-17-10-6-8(14)9(15)7-11(10)18(12)5-4-16/h6-7H,5H2,1-3H3. The molecule has 5 heteroatoms. The summed E-state index contributed by atoms with van der Waals surface area (Å²) in [5.74, 6) is 0.859. The molecule has 2 rings (SSSR count). The van der Waals surface area contributed by atoms with Crippen LogP contribution in [0.1, 0.15) is 26.6 Å². The zero-order valence-corrected chi connectivity index (χ0v) is 12.0. The molecular weight excluding hydrogens is 269 g/mol. The maximum Gasteiger partial charge on any atom is 0.116 e. The molecule has 0 aliphatic carbocycles. The van der Waals surface area contributed by atoms with Crippen LogP contribution < -0.4 is 0 Å². The van der Waals surface area contributed by atoms with Crippen molar-refractivity contribution in [3.8, 4) is 6.07 Å². The quantitative estimate of drug-likeness (QED) is 0.787. The lowest BCUT2D eigenvalue weighted by atomic mass is 9.96. The Bertz CT molecular complexity index is 645. The predicted molar refractivity (Wildman–Crippen MR) is 74.1 cm³/mol. The van der Waals surface area contributed by atoms with E-state index in [4.69, 9.17) is 28.5 Å². The first-order chi connectivity index (χ1) is 8.34. The van der Waals surface area contributed by atoms with Crippen LogP contribution in [-0.2, 0) is 12.0 Å². The molecule has 1 heterocycles. The van der Waals surface area contributed by atoms with Gasteiger partial charge in [0, 0.05) is 5.41 Å². The van der Waals surface area contributed by atoms with Crippen molar-refractivity contribution in [2.24, 2.45) is 0 Å². The van der Waals surface area contributed by atoms with Gasteiger partial charge in [0.15, 0.2) is 0 Å². The number of nitriles is 1. The molecule has 0 unspecified atom stereocenters. The van der Waals surface area contributed by atoms with Gasteiger partial charge in [-0.3, -0.25) is 0 Å². The Balaban J connectivity index is 2.80. The van der Waals surface area contributed by atoms with E-state index in [1.54, 1.807) is 12.1 Å². The summed E-state index contributed by atoms with van der Waals surface area (Å²) in [7, 11) is 0. The number of hydrogen-bond acceptors (Lipinski definition) is 2. The first kappa shape index (κ1) is 13.2. The van der Waals surface area contributed by atoms with Gasteiger partial charge >= 0.3 is 0 Å². The molecule has 3 nitrogen and oxygen atoms in total. The molecule has 18 heavy (non-hydrogen) atoms. The van der Waals surface area contributed by atoms with Gasteiger partial charge in [-0.25, -0.2) is 4.98 Å². The first-order valence-electron chi connectivity index (χ1n) is 5.57. The minimum atomic E-state index is -0.144. The lowest BCUT2D eigenvalue weighted by molar-refractivity contribution is 0.519. The second kappa shape index (κ2) is 4.46. The van der Waals surface area contributed by atoms with Gasteiger partial charge in [0.2, 0.25) is 0 Å². The highest BCUT2D eigenvalue weighted by Crippen LogP contribution is 2.31. The Labute approximate surface area is 116 Å². The van der Waals surface area contributed by atoms with Crippen LogP contribution in [0.5, 0.6) is 0 Å². The second-order valence-corrected chi connectivity index (χ2v) is 6.00. The molecule has 0 N–H and O–H groups in total. The fourth-order valence-electron chi connectivity index (χ4n) is 1.92. The van der Waals surface area contributed by atoms with Crippen LogP contribution in [0.25, 0.3) is 11.0 Å². The molecule has 0 spiro atoms. The lowest BCUT2D eigenvalue weighted by Gasteiger charge is -2.18. The van der Waals surface area contributed by atoms with E-state index in [2.05, 4.69) is 31.8 Å². The molecule has 1 aromatic heterocycles. The van der Waals surface area contributed by atoms with Crippen LogP contribution in [0.4, 0.5) is 0 Å². The molecule has 0 bridgehead atoms. The fraction of sp³-hybridized carbons (Fsp3) is 0.385. The summed E-state index contributed by atoms with van der Waals surface area (Å²) in [6, 6.07) is 5.66. The van der Waals surface area contributed by atoms with Crippen molar-refractivity contribution in [3.63, 3.8) is 0 Å². The number of rotatable bonds is 1. The van der Waals surface area contributed by atoms with E-state index in [0.717, 1.165) is 16.9 Å². The first-order valence-corrected chi connectivity index (χ1v) is 6.33. The number of aromatic nitrogens is 2. The number of fused-ring (bicyclic) bond motifs is 1. The molecule has 0 aliphatic rings. The zero-order valence-electron chi connectivity index (χ0n) is 10.5. The molecule has 0 saturated carbocycles.